The van der Waals surface area contributed by atoms with Crippen LogP contribution in [0.1, 0.15) is 39.0 Å². The van der Waals surface area contributed by atoms with Crippen molar-refractivity contribution in [2.75, 3.05) is 26.4 Å². The van der Waals surface area contributed by atoms with Crippen LogP contribution in [0.3, 0.4) is 0 Å². The van der Waals surface area contributed by atoms with Gasteiger partial charge in [-0.05, 0) is 39.0 Å². The van der Waals surface area contributed by atoms with E-state index in [1.165, 1.54) is 0 Å². The first kappa shape index (κ1) is 14.6. The molecule has 0 aromatic carbocycles. The van der Waals surface area contributed by atoms with Gasteiger partial charge in [-0.3, -0.25) is 0 Å². The number of hydrogen-bond donors (Lipinski definition) is 2. The highest BCUT2D eigenvalue weighted by molar-refractivity contribution is 5.75. The second-order valence-electron chi connectivity index (χ2n) is 5.83. The molecule has 1 saturated heterocycles. The number of rotatable bonds is 7. The number of carbonyl (C=O) groups is 1. The first-order valence-corrected chi connectivity index (χ1v) is 7.46. The Labute approximate surface area is 115 Å². The van der Waals surface area contributed by atoms with Gasteiger partial charge in [-0.2, -0.15) is 0 Å². The van der Waals surface area contributed by atoms with Crippen molar-refractivity contribution in [3.8, 4) is 0 Å². The zero-order valence-electron chi connectivity index (χ0n) is 11.8. The van der Waals surface area contributed by atoms with E-state index in [0.29, 0.717) is 12.0 Å². The monoisotopic (exact) mass is 270 g/mol. The van der Waals surface area contributed by atoms with Crippen molar-refractivity contribution >= 4 is 6.03 Å². The summed E-state index contributed by atoms with van der Waals surface area (Å²) in [5.41, 5.74) is 0. The summed E-state index contributed by atoms with van der Waals surface area (Å²) >= 11 is 0. The Kier molecular flexibility index (Phi) is 5.45. The van der Waals surface area contributed by atoms with Crippen LogP contribution < -0.4 is 5.32 Å². The molecule has 110 valence electrons. The van der Waals surface area contributed by atoms with Gasteiger partial charge in [-0.1, -0.05) is 0 Å². The molecule has 2 unspecified atom stereocenters. The number of nitrogens with one attached hydrogen (secondary N) is 1. The Morgan fingerprint density at radius 2 is 2.26 bits per heavy atom. The Morgan fingerprint density at radius 1 is 1.47 bits per heavy atom. The van der Waals surface area contributed by atoms with Crippen LogP contribution in [0.15, 0.2) is 0 Å². The lowest BCUT2D eigenvalue weighted by Crippen LogP contribution is -2.47. The fourth-order valence-electron chi connectivity index (χ4n) is 2.55. The number of nitrogens with zero attached hydrogens (tertiary/aromatic N) is 1. The zero-order chi connectivity index (χ0) is 13.7. The Morgan fingerprint density at radius 3 is 2.84 bits per heavy atom. The summed E-state index contributed by atoms with van der Waals surface area (Å²) < 4.78 is 5.39. The molecular weight excluding hydrogens is 244 g/mol. The zero-order valence-corrected chi connectivity index (χ0v) is 11.8. The van der Waals surface area contributed by atoms with Crippen LogP contribution in [0.25, 0.3) is 0 Å². The van der Waals surface area contributed by atoms with Gasteiger partial charge < -0.3 is 20.1 Å². The Balaban J connectivity index is 1.78. The molecule has 0 spiro atoms. The van der Waals surface area contributed by atoms with E-state index in [4.69, 9.17) is 9.84 Å². The summed E-state index contributed by atoms with van der Waals surface area (Å²) in [4.78, 5) is 14.3. The highest BCUT2D eigenvalue weighted by Gasteiger charge is 2.35. The standard InChI is InChI=1S/C14H26N2O3/c1-11(3-2-7-17)15-14(18)16(13-4-5-13)9-12-6-8-19-10-12/h11-13,17H,2-10H2,1H3,(H,15,18). The number of hydrogen-bond acceptors (Lipinski definition) is 3. The molecule has 0 radical (unpaired) electrons. The van der Waals surface area contributed by atoms with Gasteiger partial charge in [0.25, 0.3) is 0 Å². The summed E-state index contributed by atoms with van der Waals surface area (Å²) in [6, 6.07) is 0.617. The van der Waals surface area contributed by atoms with Gasteiger partial charge >= 0.3 is 6.03 Å². The first-order chi connectivity index (χ1) is 9.20. The highest BCUT2D eigenvalue weighted by atomic mass is 16.5. The summed E-state index contributed by atoms with van der Waals surface area (Å²) in [5, 5.41) is 11.9. The average molecular weight is 270 g/mol. The van der Waals surface area contributed by atoms with Crippen LogP contribution in [0.2, 0.25) is 0 Å². The van der Waals surface area contributed by atoms with Gasteiger partial charge in [0.15, 0.2) is 0 Å². The molecule has 5 nitrogen and oxygen atoms in total. The molecule has 5 heteroatoms. The number of amides is 2. The normalized spacial score (nSPS) is 24.2. The van der Waals surface area contributed by atoms with Crippen molar-refractivity contribution < 1.29 is 14.6 Å². The molecule has 1 aliphatic heterocycles. The Bertz CT molecular complexity index is 288. The van der Waals surface area contributed by atoms with Gasteiger partial charge in [0.1, 0.15) is 0 Å². The first-order valence-electron chi connectivity index (χ1n) is 7.46. The SMILES string of the molecule is CC(CCCO)NC(=O)N(CC1CCOC1)C1CC1. The van der Waals surface area contributed by atoms with Gasteiger partial charge in [-0.25, -0.2) is 4.79 Å². The fourth-order valence-corrected chi connectivity index (χ4v) is 2.55. The van der Waals surface area contributed by atoms with Crippen LogP contribution in [0.4, 0.5) is 4.79 Å². The van der Waals surface area contributed by atoms with Crippen molar-refractivity contribution in [2.24, 2.45) is 5.92 Å². The van der Waals surface area contributed by atoms with Crippen molar-refractivity contribution in [1.82, 2.24) is 10.2 Å². The number of ether oxygens (including phenoxy) is 1. The average Bonchev–Trinajstić information content (AvgIpc) is 3.10. The number of aliphatic hydroxyl groups excluding tert-OH is 1. The third-order valence-corrected chi connectivity index (χ3v) is 3.89. The number of carbonyl (C=O) groups excluding carboxylic acids is 1. The van der Waals surface area contributed by atoms with E-state index in [9.17, 15) is 4.79 Å². The minimum absolute atomic E-state index is 0.0554. The van der Waals surface area contributed by atoms with E-state index < -0.39 is 0 Å². The largest absolute Gasteiger partial charge is 0.396 e. The molecule has 2 amide bonds. The van der Waals surface area contributed by atoms with Crippen molar-refractivity contribution in [3.05, 3.63) is 0 Å². The van der Waals surface area contributed by atoms with Crippen molar-refractivity contribution in [2.45, 2.75) is 51.1 Å². The molecule has 2 aliphatic rings. The van der Waals surface area contributed by atoms with Crippen LogP contribution in [0.5, 0.6) is 0 Å². The molecular formula is C14H26N2O3. The van der Waals surface area contributed by atoms with E-state index in [0.717, 1.165) is 51.9 Å². The summed E-state index contributed by atoms with van der Waals surface area (Å²) in [6.45, 7) is 4.63. The van der Waals surface area contributed by atoms with Crippen molar-refractivity contribution in [1.29, 1.82) is 0 Å². The van der Waals surface area contributed by atoms with E-state index in [1.54, 1.807) is 0 Å². The smallest absolute Gasteiger partial charge is 0.317 e. The molecule has 19 heavy (non-hydrogen) atoms. The predicted molar refractivity (Wildman–Crippen MR) is 73.0 cm³/mol. The summed E-state index contributed by atoms with van der Waals surface area (Å²) in [7, 11) is 0. The third kappa shape index (κ3) is 4.66. The third-order valence-electron chi connectivity index (χ3n) is 3.89. The maximum absolute atomic E-state index is 12.3. The number of urea groups is 1. The molecule has 0 aromatic rings. The summed E-state index contributed by atoms with van der Waals surface area (Å²) in [6.07, 6.45) is 4.89. The minimum atomic E-state index is 0.0554. The van der Waals surface area contributed by atoms with Crippen LogP contribution in [-0.4, -0.2) is 54.5 Å². The highest BCUT2D eigenvalue weighted by Crippen LogP contribution is 2.29. The maximum atomic E-state index is 12.3. The van der Waals surface area contributed by atoms with E-state index in [2.05, 4.69) is 5.32 Å². The molecule has 0 bridgehead atoms. The van der Waals surface area contributed by atoms with Gasteiger partial charge in [0, 0.05) is 37.8 Å². The van der Waals surface area contributed by atoms with Crippen molar-refractivity contribution in [3.63, 3.8) is 0 Å². The van der Waals surface area contributed by atoms with E-state index in [-0.39, 0.29) is 18.7 Å². The van der Waals surface area contributed by atoms with Crippen LogP contribution in [0, 0.1) is 5.92 Å². The molecule has 1 saturated carbocycles. The quantitative estimate of drug-likeness (QED) is 0.734. The topological polar surface area (TPSA) is 61.8 Å². The van der Waals surface area contributed by atoms with E-state index in [1.807, 2.05) is 11.8 Å². The minimum Gasteiger partial charge on any atom is -0.396 e. The molecule has 2 atom stereocenters. The second kappa shape index (κ2) is 7.10. The fraction of sp³-hybridized carbons (Fsp3) is 0.929. The summed E-state index contributed by atoms with van der Waals surface area (Å²) in [5.74, 6) is 0.499. The number of aliphatic hydroxyl groups is 1. The molecule has 2 N–H and O–H groups in total. The predicted octanol–water partition coefficient (Wildman–Crippen LogP) is 1.36. The second-order valence-corrected chi connectivity index (χ2v) is 5.83. The lowest BCUT2D eigenvalue weighted by molar-refractivity contribution is 0.160. The van der Waals surface area contributed by atoms with Crippen LogP contribution in [-0.2, 0) is 4.74 Å². The lowest BCUT2D eigenvalue weighted by atomic mass is 10.1. The van der Waals surface area contributed by atoms with E-state index >= 15 is 0 Å². The van der Waals surface area contributed by atoms with Gasteiger partial charge in [-0.15, -0.1) is 0 Å². The molecule has 1 heterocycles. The maximum Gasteiger partial charge on any atom is 0.317 e. The van der Waals surface area contributed by atoms with Crippen LogP contribution >= 0.6 is 0 Å². The molecule has 1 aliphatic carbocycles. The molecule has 2 rings (SSSR count). The van der Waals surface area contributed by atoms with Gasteiger partial charge in [0.2, 0.25) is 0 Å². The molecule has 0 aromatic heterocycles. The Hall–Kier alpha value is -0.810. The molecule has 2 fully saturated rings. The van der Waals surface area contributed by atoms with Gasteiger partial charge in [0.05, 0.1) is 6.61 Å². The lowest BCUT2D eigenvalue weighted by Gasteiger charge is -2.27.